The van der Waals surface area contributed by atoms with Gasteiger partial charge in [-0.1, -0.05) is 37.3 Å². The summed E-state index contributed by atoms with van der Waals surface area (Å²) in [5, 5.41) is 2.93. The Morgan fingerprint density at radius 1 is 1.10 bits per heavy atom. The van der Waals surface area contributed by atoms with Crippen LogP contribution in [-0.4, -0.2) is 39.3 Å². The van der Waals surface area contributed by atoms with Crippen LogP contribution in [0.5, 0.6) is 0 Å². The number of nitrogens with one attached hydrogen (secondary N) is 1. The van der Waals surface area contributed by atoms with Crippen molar-refractivity contribution in [2.45, 2.75) is 45.1 Å². The van der Waals surface area contributed by atoms with Crippen molar-refractivity contribution in [3.05, 3.63) is 65.0 Å². The van der Waals surface area contributed by atoms with Gasteiger partial charge in [0.2, 0.25) is 5.91 Å². The molecule has 3 rings (SSSR count). The van der Waals surface area contributed by atoms with Gasteiger partial charge in [0.1, 0.15) is 12.4 Å². The van der Waals surface area contributed by atoms with Gasteiger partial charge in [-0.2, -0.15) is 12.7 Å². The maximum atomic E-state index is 14.4. The van der Waals surface area contributed by atoms with E-state index < -0.39 is 28.5 Å². The molecule has 31 heavy (non-hydrogen) atoms. The van der Waals surface area contributed by atoms with Crippen molar-refractivity contribution >= 4 is 21.8 Å². The Bertz CT molecular complexity index is 1040. The first-order chi connectivity index (χ1) is 14.7. The average Bonchev–Trinajstić information content (AvgIpc) is 2.76. The van der Waals surface area contributed by atoms with Crippen LogP contribution in [0.1, 0.15) is 48.9 Å². The van der Waals surface area contributed by atoms with Crippen molar-refractivity contribution in [1.82, 2.24) is 9.62 Å². The summed E-state index contributed by atoms with van der Waals surface area (Å²) < 4.78 is 41.8. The monoisotopic (exact) mass is 447 g/mol. The molecule has 0 saturated carbocycles. The highest BCUT2D eigenvalue weighted by atomic mass is 32.2. The number of amides is 1. The second-order valence-corrected chi connectivity index (χ2v) is 10.1. The maximum Gasteiger partial charge on any atom is 0.304 e. The number of nitrogens with zero attached hydrogens (tertiary/aromatic N) is 2. The minimum Gasteiger partial charge on any atom is -0.348 e. The van der Waals surface area contributed by atoms with Crippen LogP contribution in [0.2, 0.25) is 0 Å². The minimum atomic E-state index is -4.06. The van der Waals surface area contributed by atoms with E-state index in [0.717, 1.165) is 27.0 Å². The smallest absolute Gasteiger partial charge is 0.304 e. The molecular formula is C23H30FN3O3S. The number of carbonyl (C=O) groups excluding carboxylic acids is 1. The third-order valence-corrected chi connectivity index (χ3v) is 7.47. The van der Waals surface area contributed by atoms with Crippen LogP contribution >= 0.6 is 0 Å². The van der Waals surface area contributed by atoms with Crippen molar-refractivity contribution in [2.75, 3.05) is 24.9 Å². The van der Waals surface area contributed by atoms with Crippen molar-refractivity contribution in [3.8, 4) is 0 Å². The number of fused-ring (bicyclic) bond motifs is 1. The van der Waals surface area contributed by atoms with E-state index in [-0.39, 0.29) is 11.7 Å². The Morgan fingerprint density at radius 3 is 2.42 bits per heavy atom. The van der Waals surface area contributed by atoms with Gasteiger partial charge in [0.25, 0.3) is 0 Å². The highest BCUT2D eigenvalue weighted by molar-refractivity contribution is 7.90. The lowest BCUT2D eigenvalue weighted by Gasteiger charge is -2.28. The fourth-order valence-corrected chi connectivity index (χ4v) is 4.98. The lowest BCUT2D eigenvalue weighted by atomic mass is 9.89. The van der Waals surface area contributed by atoms with Gasteiger partial charge < -0.3 is 5.32 Å². The molecular weight excluding hydrogens is 417 g/mol. The molecule has 1 aliphatic rings. The molecule has 1 unspecified atom stereocenters. The van der Waals surface area contributed by atoms with Gasteiger partial charge in [0.15, 0.2) is 0 Å². The zero-order valence-electron chi connectivity index (χ0n) is 18.3. The van der Waals surface area contributed by atoms with Gasteiger partial charge >= 0.3 is 10.2 Å². The molecule has 0 spiro atoms. The number of anilines is 1. The summed E-state index contributed by atoms with van der Waals surface area (Å²) in [5.74, 6) is -1.19. The molecule has 6 nitrogen and oxygen atoms in total. The highest BCUT2D eigenvalue weighted by Gasteiger charge is 2.30. The number of hydrogen-bond acceptors (Lipinski definition) is 3. The third kappa shape index (κ3) is 5.25. The molecule has 0 aromatic heterocycles. The van der Waals surface area contributed by atoms with Gasteiger partial charge in [0.05, 0.1) is 11.7 Å². The molecule has 0 heterocycles. The molecule has 8 heteroatoms. The van der Waals surface area contributed by atoms with Gasteiger partial charge in [-0.25, -0.2) is 8.70 Å². The Hall–Kier alpha value is -2.45. The number of rotatable bonds is 8. The molecule has 1 atom stereocenters. The van der Waals surface area contributed by atoms with Crippen molar-refractivity contribution in [1.29, 1.82) is 0 Å². The van der Waals surface area contributed by atoms with Gasteiger partial charge in [-0.05, 0) is 60.9 Å². The van der Waals surface area contributed by atoms with E-state index >= 15 is 0 Å². The van der Waals surface area contributed by atoms with E-state index in [0.29, 0.717) is 6.42 Å². The van der Waals surface area contributed by atoms with Crippen LogP contribution in [0, 0.1) is 5.82 Å². The molecule has 0 fully saturated rings. The van der Waals surface area contributed by atoms with E-state index in [1.807, 2.05) is 13.0 Å². The Labute approximate surface area is 184 Å². The number of aryl methyl sites for hydroxylation is 2. The molecule has 168 valence electrons. The molecule has 1 N–H and O–H groups in total. The van der Waals surface area contributed by atoms with E-state index in [1.54, 1.807) is 0 Å². The Balaban J connectivity index is 1.82. The fourth-order valence-electron chi connectivity index (χ4n) is 3.90. The van der Waals surface area contributed by atoms with E-state index in [4.69, 9.17) is 0 Å². The van der Waals surface area contributed by atoms with E-state index in [9.17, 15) is 17.6 Å². The molecule has 0 aliphatic heterocycles. The largest absolute Gasteiger partial charge is 0.348 e. The highest BCUT2D eigenvalue weighted by Crippen LogP contribution is 2.27. The first-order valence-electron chi connectivity index (χ1n) is 10.6. The molecule has 1 amide bonds. The molecule has 0 bridgehead atoms. The molecule has 1 aliphatic carbocycles. The van der Waals surface area contributed by atoms with Gasteiger partial charge in [0, 0.05) is 14.1 Å². The number of carbonyl (C=O) groups is 1. The van der Waals surface area contributed by atoms with Crippen LogP contribution in [0.25, 0.3) is 0 Å². The SMILES string of the molecule is CCC(NC(=O)CN(c1ccccc1F)S(=O)(=O)N(C)C)c1ccc2c(c1)CCCC2. The van der Waals surface area contributed by atoms with Gasteiger partial charge in [-0.3, -0.25) is 4.79 Å². The lowest BCUT2D eigenvalue weighted by molar-refractivity contribution is -0.120. The predicted molar refractivity (Wildman–Crippen MR) is 121 cm³/mol. The van der Waals surface area contributed by atoms with Crippen molar-refractivity contribution in [3.63, 3.8) is 0 Å². The van der Waals surface area contributed by atoms with Crippen molar-refractivity contribution < 1.29 is 17.6 Å². The van der Waals surface area contributed by atoms with Crippen LogP contribution in [-0.2, 0) is 27.8 Å². The topological polar surface area (TPSA) is 69.7 Å². The minimum absolute atomic E-state index is 0.159. The van der Waals surface area contributed by atoms with Crippen LogP contribution in [0.4, 0.5) is 10.1 Å². The van der Waals surface area contributed by atoms with Crippen LogP contribution in [0.15, 0.2) is 42.5 Å². The Morgan fingerprint density at radius 2 is 1.77 bits per heavy atom. The molecule has 0 saturated heterocycles. The summed E-state index contributed by atoms with van der Waals surface area (Å²) in [6.45, 7) is 1.46. The molecule has 2 aromatic rings. The second kappa shape index (κ2) is 9.78. The maximum absolute atomic E-state index is 14.4. The third-order valence-electron chi connectivity index (χ3n) is 5.67. The summed E-state index contributed by atoms with van der Waals surface area (Å²) in [7, 11) is -1.36. The summed E-state index contributed by atoms with van der Waals surface area (Å²) in [6.07, 6.45) is 5.14. The number of hydrogen-bond donors (Lipinski definition) is 1. The van der Waals surface area contributed by atoms with Gasteiger partial charge in [-0.15, -0.1) is 0 Å². The van der Waals surface area contributed by atoms with E-state index in [1.165, 1.54) is 62.3 Å². The zero-order valence-corrected chi connectivity index (χ0v) is 19.1. The normalized spacial score (nSPS) is 14.7. The second-order valence-electron chi connectivity index (χ2n) is 8.01. The Kier molecular flexibility index (Phi) is 7.33. The average molecular weight is 448 g/mol. The fraction of sp³-hybridized carbons (Fsp3) is 0.435. The summed E-state index contributed by atoms with van der Waals surface area (Å²) in [5.41, 5.74) is 3.52. The standard InChI is InChI=1S/C23H30FN3O3S/c1-4-21(19-14-13-17-9-5-6-10-18(17)15-19)25-23(28)16-27(31(29,30)26(2)3)22-12-8-7-11-20(22)24/h7-8,11-15,21H,4-6,9-10,16H2,1-3H3,(H,25,28). The molecule has 2 aromatic carbocycles. The molecule has 0 radical (unpaired) electrons. The zero-order chi connectivity index (χ0) is 22.6. The number of halogens is 1. The van der Waals surface area contributed by atoms with Crippen LogP contribution in [0.3, 0.4) is 0 Å². The summed E-state index contributed by atoms with van der Waals surface area (Å²) in [4.78, 5) is 12.9. The van der Waals surface area contributed by atoms with Crippen LogP contribution < -0.4 is 9.62 Å². The summed E-state index contributed by atoms with van der Waals surface area (Å²) >= 11 is 0. The van der Waals surface area contributed by atoms with Crippen molar-refractivity contribution in [2.24, 2.45) is 0 Å². The summed E-state index contributed by atoms with van der Waals surface area (Å²) in [6, 6.07) is 11.6. The number of benzene rings is 2. The van der Waals surface area contributed by atoms with E-state index in [2.05, 4.69) is 17.4 Å². The first kappa shape index (κ1) is 23.2. The lowest BCUT2D eigenvalue weighted by Crippen LogP contribution is -2.46. The quantitative estimate of drug-likeness (QED) is 0.672. The predicted octanol–water partition coefficient (Wildman–Crippen LogP) is 3.58. The number of para-hydroxylation sites is 1. The first-order valence-corrected chi connectivity index (χ1v) is 12.0.